The molecule has 4 heteroatoms. The number of carbonyl (C=O) groups is 2. The standard InChI is InChI=1S/C25H23NO3/c27-24-21-14-5-6-15-22(21)25(28)26(24)17-9-2-10-18-29-23-16-8-7-13-20(23)19-11-3-1-4-12-19/h1,3-8,11-16H,2,9-10,17-18H2. The van der Waals surface area contributed by atoms with Crippen LogP contribution in [-0.4, -0.2) is 29.9 Å². The van der Waals surface area contributed by atoms with E-state index in [1.54, 1.807) is 24.3 Å². The van der Waals surface area contributed by atoms with Crippen LogP contribution in [0.2, 0.25) is 0 Å². The maximum Gasteiger partial charge on any atom is 0.261 e. The summed E-state index contributed by atoms with van der Waals surface area (Å²) in [5.41, 5.74) is 3.24. The molecule has 29 heavy (non-hydrogen) atoms. The molecule has 0 aromatic heterocycles. The first-order valence-electron chi connectivity index (χ1n) is 9.98. The number of carbonyl (C=O) groups excluding carboxylic acids is 2. The average molecular weight is 385 g/mol. The third-order valence-corrected chi connectivity index (χ3v) is 5.13. The summed E-state index contributed by atoms with van der Waals surface area (Å²) in [4.78, 5) is 26.1. The smallest absolute Gasteiger partial charge is 0.261 e. The lowest BCUT2D eigenvalue weighted by Crippen LogP contribution is -2.30. The Kier molecular flexibility index (Phi) is 5.71. The molecular weight excluding hydrogens is 362 g/mol. The van der Waals surface area contributed by atoms with E-state index in [1.807, 2.05) is 36.4 Å². The van der Waals surface area contributed by atoms with Gasteiger partial charge in [-0.2, -0.15) is 0 Å². The number of unbranched alkanes of at least 4 members (excludes halogenated alkanes) is 2. The number of benzene rings is 3. The summed E-state index contributed by atoms with van der Waals surface area (Å²) in [5, 5.41) is 0. The molecule has 1 aliphatic heterocycles. The number of imide groups is 1. The fraction of sp³-hybridized carbons (Fsp3) is 0.200. The molecule has 0 saturated heterocycles. The molecule has 4 nitrogen and oxygen atoms in total. The molecule has 0 N–H and O–H groups in total. The van der Waals surface area contributed by atoms with Crippen molar-refractivity contribution in [2.45, 2.75) is 19.3 Å². The Hall–Kier alpha value is -3.40. The van der Waals surface area contributed by atoms with Gasteiger partial charge in [-0.05, 0) is 43.0 Å². The maximum atomic E-state index is 12.4. The predicted molar refractivity (Wildman–Crippen MR) is 113 cm³/mol. The zero-order valence-electron chi connectivity index (χ0n) is 16.2. The van der Waals surface area contributed by atoms with Crippen molar-refractivity contribution in [3.8, 4) is 16.9 Å². The molecule has 0 atom stereocenters. The monoisotopic (exact) mass is 385 g/mol. The van der Waals surface area contributed by atoms with Crippen molar-refractivity contribution in [1.82, 2.24) is 4.90 Å². The van der Waals surface area contributed by atoms with Gasteiger partial charge in [0, 0.05) is 12.1 Å². The van der Waals surface area contributed by atoms with E-state index in [0.29, 0.717) is 24.3 Å². The second-order valence-corrected chi connectivity index (χ2v) is 7.08. The summed E-state index contributed by atoms with van der Waals surface area (Å²) in [5.74, 6) is 0.510. The van der Waals surface area contributed by atoms with Gasteiger partial charge >= 0.3 is 0 Å². The third kappa shape index (κ3) is 4.06. The van der Waals surface area contributed by atoms with Crippen molar-refractivity contribution in [3.05, 3.63) is 90.0 Å². The maximum absolute atomic E-state index is 12.4. The number of nitrogens with zero attached hydrogens (tertiary/aromatic N) is 1. The Morgan fingerprint density at radius 2 is 1.21 bits per heavy atom. The number of ether oxygens (including phenoxy) is 1. The van der Waals surface area contributed by atoms with Crippen LogP contribution in [0.4, 0.5) is 0 Å². The molecule has 0 aliphatic carbocycles. The van der Waals surface area contributed by atoms with E-state index in [2.05, 4.69) is 18.2 Å². The van der Waals surface area contributed by atoms with Crippen LogP contribution in [-0.2, 0) is 0 Å². The molecule has 2 amide bonds. The second-order valence-electron chi connectivity index (χ2n) is 7.08. The Bertz CT molecular complexity index is 978. The van der Waals surface area contributed by atoms with Crippen LogP contribution < -0.4 is 4.74 Å². The quantitative estimate of drug-likeness (QED) is 0.396. The minimum atomic E-state index is -0.182. The molecular formula is C25H23NO3. The average Bonchev–Trinajstić information content (AvgIpc) is 3.02. The van der Waals surface area contributed by atoms with Gasteiger partial charge in [0.2, 0.25) is 0 Å². The fourth-order valence-corrected chi connectivity index (χ4v) is 3.62. The number of hydrogen-bond donors (Lipinski definition) is 0. The summed E-state index contributed by atoms with van der Waals surface area (Å²) in [6.07, 6.45) is 2.53. The molecule has 3 aromatic rings. The molecule has 0 radical (unpaired) electrons. The van der Waals surface area contributed by atoms with Crippen LogP contribution >= 0.6 is 0 Å². The molecule has 0 bridgehead atoms. The number of para-hydroxylation sites is 1. The molecule has 3 aromatic carbocycles. The predicted octanol–water partition coefficient (Wildman–Crippen LogP) is 5.20. The van der Waals surface area contributed by atoms with Crippen molar-refractivity contribution in [1.29, 1.82) is 0 Å². The highest BCUT2D eigenvalue weighted by atomic mass is 16.5. The van der Waals surface area contributed by atoms with Gasteiger partial charge in [0.15, 0.2) is 0 Å². The summed E-state index contributed by atoms with van der Waals surface area (Å²) in [7, 11) is 0. The lowest BCUT2D eigenvalue weighted by molar-refractivity contribution is 0.0651. The molecule has 1 aliphatic rings. The van der Waals surface area contributed by atoms with Gasteiger partial charge in [0.25, 0.3) is 11.8 Å². The van der Waals surface area contributed by atoms with Crippen LogP contribution in [0.5, 0.6) is 5.75 Å². The van der Waals surface area contributed by atoms with Gasteiger partial charge in [-0.1, -0.05) is 60.7 Å². The first-order valence-corrected chi connectivity index (χ1v) is 9.98. The van der Waals surface area contributed by atoms with Crippen molar-refractivity contribution in [2.24, 2.45) is 0 Å². The normalized spacial score (nSPS) is 12.9. The highest BCUT2D eigenvalue weighted by Crippen LogP contribution is 2.29. The summed E-state index contributed by atoms with van der Waals surface area (Å²) >= 11 is 0. The van der Waals surface area contributed by atoms with Gasteiger partial charge < -0.3 is 4.74 Å². The largest absolute Gasteiger partial charge is 0.493 e. The molecule has 0 saturated carbocycles. The number of fused-ring (bicyclic) bond motifs is 1. The van der Waals surface area contributed by atoms with E-state index < -0.39 is 0 Å². The molecule has 4 rings (SSSR count). The molecule has 0 unspecified atom stereocenters. The minimum Gasteiger partial charge on any atom is -0.493 e. The lowest BCUT2D eigenvalue weighted by atomic mass is 10.1. The van der Waals surface area contributed by atoms with Gasteiger partial charge in [0.1, 0.15) is 5.75 Å². The van der Waals surface area contributed by atoms with Crippen LogP contribution in [0.1, 0.15) is 40.0 Å². The lowest BCUT2D eigenvalue weighted by Gasteiger charge is -2.14. The first kappa shape index (κ1) is 18.9. The van der Waals surface area contributed by atoms with Crippen molar-refractivity contribution in [3.63, 3.8) is 0 Å². The Morgan fingerprint density at radius 1 is 0.621 bits per heavy atom. The van der Waals surface area contributed by atoms with E-state index in [1.165, 1.54) is 4.90 Å². The van der Waals surface area contributed by atoms with E-state index in [0.717, 1.165) is 36.1 Å². The second kappa shape index (κ2) is 8.74. The Morgan fingerprint density at radius 3 is 1.90 bits per heavy atom. The SMILES string of the molecule is O=C1c2ccccc2C(=O)N1CCCCCOc1ccccc1-c1ccccc1. The first-order chi connectivity index (χ1) is 14.3. The number of hydrogen-bond acceptors (Lipinski definition) is 3. The van der Waals surface area contributed by atoms with E-state index in [9.17, 15) is 9.59 Å². The summed E-state index contributed by atoms with van der Waals surface area (Å²) in [6.45, 7) is 1.05. The zero-order valence-corrected chi connectivity index (χ0v) is 16.2. The Labute approximate surface area is 170 Å². The van der Waals surface area contributed by atoms with Gasteiger partial charge in [0.05, 0.1) is 17.7 Å². The highest BCUT2D eigenvalue weighted by Gasteiger charge is 2.34. The number of rotatable bonds is 8. The summed E-state index contributed by atoms with van der Waals surface area (Å²) < 4.78 is 6.01. The van der Waals surface area contributed by atoms with Crippen LogP contribution in [0.3, 0.4) is 0 Å². The van der Waals surface area contributed by atoms with Crippen molar-refractivity contribution in [2.75, 3.05) is 13.2 Å². The fourth-order valence-electron chi connectivity index (χ4n) is 3.62. The van der Waals surface area contributed by atoms with E-state index >= 15 is 0 Å². The zero-order chi connectivity index (χ0) is 20.1. The van der Waals surface area contributed by atoms with Gasteiger partial charge in [-0.3, -0.25) is 14.5 Å². The van der Waals surface area contributed by atoms with Crippen molar-refractivity contribution < 1.29 is 14.3 Å². The number of amides is 2. The minimum absolute atomic E-state index is 0.182. The van der Waals surface area contributed by atoms with E-state index in [4.69, 9.17) is 4.74 Å². The van der Waals surface area contributed by atoms with Crippen LogP contribution in [0.25, 0.3) is 11.1 Å². The van der Waals surface area contributed by atoms with Gasteiger partial charge in [-0.15, -0.1) is 0 Å². The third-order valence-electron chi connectivity index (χ3n) is 5.13. The molecule has 1 heterocycles. The molecule has 0 fully saturated rings. The molecule has 0 spiro atoms. The topological polar surface area (TPSA) is 46.6 Å². The highest BCUT2D eigenvalue weighted by molar-refractivity contribution is 6.21. The van der Waals surface area contributed by atoms with Gasteiger partial charge in [-0.25, -0.2) is 0 Å². The van der Waals surface area contributed by atoms with Crippen LogP contribution in [0, 0.1) is 0 Å². The Balaban J connectivity index is 1.25. The van der Waals surface area contributed by atoms with Crippen molar-refractivity contribution >= 4 is 11.8 Å². The summed E-state index contributed by atoms with van der Waals surface area (Å²) in [6, 6.07) is 25.2. The van der Waals surface area contributed by atoms with Crippen LogP contribution in [0.15, 0.2) is 78.9 Å². The molecule has 146 valence electrons. The van der Waals surface area contributed by atoms with E-state index in [-0.39, 0.29) is 11.8 Å².